The molecule has 0 aliphatic rings. The predicted octanol–water partition coefficient (Wildman–Crippen LogP) is 2.84. The van der Waals surface area contributed by atoms with Crippen LogP contribution in [-0.4, -0.2) is 24.4 Å². The van der Waals surface area contributed by atoms with Gasteiger partial charge in [-0.3, -0.25) is 0 Å². The van der Waals surface area contributed by atoms with Crippen LogP contribution in [0.2, 0.25) is 5.02 Å². The number of anilines is 1. The molecular weight excluding hydrogens is 226 g/mol. The van der Waals surface area contributed by atoms with Gasteiger partial charge in [0.05, 0.1) is 24.9 Å². The zero-order valence-electron chi connectivity index (χ0n) is 10.1. The Balaban J connectivity index is 3.12. The Bertz CT molecular complexity index is 378. The lowest BCUT2D eigenvalue weighted by atomic mass is 10.1. The van der Waals surface area contributed by atoms with Gasteiger partial charge in [-0.15, -0.1) is 0 Å². The summed E-state index contributed by atoms with van der Waals surface area (Å²) in [5.41, 5.74) is 1.35. The Morgan fingerprint density at radius 3 is 2.56 bits per heavy atom. The first-order valence-electron chi connectivity index (χ1n) is 5.13. The highest BCUT2D eigenvalue weighted by atomic mass is 35.5. The van der Waals surface area contributed by atoms with Gasteiger partial charge in [-0.1, -0.05) is 11.6 Å². The van der Waals surface area contributed by atoms with Crippen molar-refractivity contribution in [3.05, 3.63) is 22.7 Å². The number of halogens is 1. The van der Waals surface area contributed by atoms with Crippen LogP contribution in [0.15, 0.2) is 12.1 Å². The Labute approximate surface area is 101 Å². The van der Waals surface area contributed by atoms with Crippen LogP contribution in [0.5, 0.6) is 5.75 Å². The number of hydrogen-bond donors (Lipinski definition) is 2. The summed E-state index contributed by atoms with van der Waals surface area (Å²) >= 11 is 5.99. The molecule has 0 saturated heterocycles. The lowest BCUT2D eigenvalue weighted by Gasteiger charge is -2.26. The molecule has 3 nitrogen and oxygen atoms in total. The third-order valence-electron chi connectivity index (χ3n) is 2.31. The topological polar surface area (TPSA) is 41.5 Å². The van der Waals surface area contributed by atoms with E-state index in [0.29, 0.717) is 5.02 Å². The monoisotopic (exact) mass is 243 g/mol. The Hall–Kier alpha value is -0.930. The van der Waals surface area contributed by atoms with E-state index < -0.39 is 5.54 Å². The molecular formula is C12H18ClNO2. The van der Waals surface area contributed by atoms with Gasteiger partial charge in [0.15, 0.2) is 0 Å². The highest BCUT2D eigenvalue weighted by Gasteiger charge is 2.19. The highest BCUT2D eigenvalue weighted by Crippen LogP contribution is 2.33. The largest absolute Gasteiger partial charge is 0.494 e. The van der Waals surface area contributed by atoms with Crippen LogP contribution in [0.4, 0.5) is 5.69 Å². The Morgan fingerprint density at radius 1 is 1.44 bits per heavy atom. The van der Waals surface area contributed by atoms with Crippen LogP contribution < -0.4 is 10.1 Å². The Morgan fingerprint density at radius 2 is 2.06 bits per heavy atom. The molecule has 1 aromatic rings. The molecule has 1 rings (SSSR count). The molecule has 0 amide bonds. The summed E-state index contributed by atoms with van der Waals surface area (Å²) in [4.78, 5) is 0. The molecule has 0 atom stereocenters. The molecule has 0 heterocycles. The van der Waals surface area contributed by atoms with Crippen LogP contribution in [0.25, 0.3) is 0 Å². The van der Waals surface area contributed by atoms with Gasteiger partial charge in [-0.25, -0.2) is 0 Å². The van der Waals surface area contributed by atoms with E-state index in [4.69, 9.17) is 16.3 Å². The molecule has 0 saturated carbocycles. The third-order valence-corrected chi connectivity index (χ3v) is 2.53. The van der Waals surface area contributed by atoms with Crippen molar-refractivity contribution in [2.45, 2.75) is 26.3 Å². The highest BCUT2D eigenvalue weighted by molar-refractivity contribution is 6.31. The standard InChI is InChI=1S/C12H18ClNO2/c1-8-5-9(13)6-10(11(8)16-4)14-12(2,3)7-15/h5-6,14-15H,7H2,1-4H3. The lowest BCUT2D eigenvalue weighted by Crippen LogP contribution is -2.35. The van der Waals surface area contributed by atoms with Gasteiger partial charge in [-0.05, 0) is 38.5 Å². The maximum Gasteiger partial charge on any atom is 0.144 e. The van der Waals surface area contributed by atoms with E-state index in [-0.39, 0.29) is 6.61 Å². The molecule has 0 aliphatic carbocycles. The van der Waals surface area contributed by atoms with E-state index in [2.05, 4.69) is 5.32 Å². The number of methoxy groups -OCH3 is 1. The van der Waals surface area contributed by atoms with Crippen molar-refractivity contribution in [2.75, 3.05) is 19.0 Å². The average molecular weight is 244 g/mol. The maximum atomic E-state index is 9.22. The number of hydrogen-bond acceptors (Lipinski definition) is 3. The molecule has 0 fully saturated rings. The number of aryl methyl sites for hydroxylation is 1. The van der Waals surface area contributed by atoms with E-state index in [1.807, 2.05) is 26.8 Å². The molecule has 2 N–H and O–H groups in total. The normalized spacial score (nSPS) is 11.4. The fourth-order valence-corrected chi connectivity index (χ4v) is 1.77. The maximum absolute atomic E-state index is 9.22. The number of aliphatic hydroxyl groups is 1. The second kappa shape index (κ2) is 4.93. The van der Waals surface area contributed by atoms with Crippen LogP contribution in [0.3, 0.4) is 0 Å². The minimum absolute atomic E-state index is 0.0295. The average Bonchev–Trinajstić information content (AvgIpc) is 2.16. The van der Waals surface area contributed by atoms with Gasteiger partial charge in [0.2, 0.25) is 0 Å². The smallest absolute Gasteiger partial charge is 0.144 e. The summed E-state index contributed by atoms with van der Waals surface area (Å²) in [5.74, 6) is 0.755. The van der Waals surface area contributed by atoms with Crippen LogP contribution in [0, 0.1) is 6.92 Å². The first-order chi connectivity index (χ1) is 7.39. The first kappa shape index (κ1) is 13.1. The second-order valence-electron chi connectivity index (χ2n) is 4.47. The zero-order valence-corrected chi connectivity index (χ0v) is 10.9. The summed E-state index contributed by atoms with van der Waals surface area (Å²) in [6, 6.07) is 3.64. The fourth-order valence-electron chi connectivity index (χ4n) is 1.50. The quantitative estimate of drug-likeness (QED) is 0.855. The second-order valence-corrected chi connectivity index (χ2v) is 4.91. The molecule has 0 bridgehead atoms. The van der Waals surface area contributed by atoms with E-state index in [9.17, 15) is 5.11 Å². The van der Waals surface area contributed by atoms with E-state index >= 15 is 0 Å². The van der Waals surface area contributed by atoms with Crippen molar-refractivity contribution in [1.82, 2.24) is 0 Å². The predicted molar refractivity (Wildman–Crippen MR) is 67.5 cm³/mol. The van der Waals surface area contributed by atoms with Crippen molar-refractivity contribution in [2.24, 2.45) is 0 Å². The van der Waals surface area contributed by atoms with Gasteiger partial charge in [0.25, 0.3) is 0 Å². The van der Waals surface area contributed by atoms with Crippen molar-refractivity contribution < 1.29 is 9.84 Å². The van der Waals surface area contributed by atoms with Crippen LogP contribution >= 0.6 is 11.6 Å². The van der Waals surface area contributed by atoms with Crippen LogP contribution in [-0.2, 0) is 0 Å². The molecule has 0 radical (unpaired) electrons. The Kier molecular flexibility index (Phi) is 4.05. The molecule has 0 aromatic heterocycles. The van der Waals surface area contributed by atoms with Crippen molar-refractivity contribution >= 4 is 17.3 Å². The van der Waals surface area contributed by atoms with Gasteiger partial charge >= 0.3 is 0 Å². The van der Waals surface area contributed by atoms with Crippen molar-refractivity contribution in [3.63, 3.8) is 0 Å². The molecule has 0 spiro atoms. The summed E-state index contributed by atoms with van der Waals surface area (Å²) < 4.78 is 5.32. The van der Waals surface area contributed by atoms with E-state index in [1.54, 1.807) is 13.2 Å². The molecule has 0 unspecified atom stereocenters. The molecule has 16 heavy (non-hydrogen) atoms. The summed E-state index contributed by atoms with van der Waals surface area (Å²) in [6.07, 6.45) is 0. The van der Waals surface area contributed by atoms with E-state index in [1.165, 1.54) is 0 Å². The number of aliphatic hydroxyl groups excluding tert-OH is 1. The van der Waals surface area contributed by atoms with Crippen LogP contribution in [0.1, 0.15) is 19.4 Å². The number of rotatable bonds is 4. The molecule has 0 aliphatic heterocycles. The number of ether oxygens (including phenoxy) is 1. The minimum atomic E-state index is -0.412. The molecule has 1 aromatic carbocycles. The fraction of sp³-hybridized carbons (Fsp3) is 0.500. The third kappa shape index (κ3) is 3.03. The summed E-state index contributed by atoms with van der Waals surface area (Å²) in [6.45, 7) is 5.77. The van der Waals surface area contributed by atoms with Crippen molar-refractivity contribution in [3.8, 4) is 5.75 Å². The van der Waals surface area contributed by atoms with Crippen molar-refractivity contribution in [1.29, 1.82) is 0 Å². The zero-order chi connectivity index (χ0) is 12.3. The van der Waals surface area contributed by atoms with E-state index in [0.717, 1.165) is 17.0 Å². The minimum Gasteiger partial charge on any atom is -0.494 e. The van der Waals surface area contributed by atoms with Gasteiger partial charge < -0.3 is 15.2 Å². The summed E-state index contributed by atoms with van der Waals surface area (Å²) in [5, 5.41) is 13.1. The molecule has 90 valence electrons. The van der Waals surface area contributed by atoms with Gasteiger partial charge in [0.1, 0.15) is 5.75 Å². The number of benzene rings is 1. The van der Waals surface area contributed by atoms with Gasteiger partial charge in [0, 0.05) is 5.02 Å². The summed E-state index contributed by atoms with van der Waals surface area (Å²) in [7, 11) is 1.62. The van der Waals surface area contributed by atoms with Gasteiger partial charge in [-0.2, -0.15) is 0 Å². The first-order valence-corrected chi connectivity index (χ1v) is 5.50. The SMILES string of the molecule is COc1c(C)cc(Cl)cc1NC(C)(C)CO. The lowest BCUT2D eigenvalue weighted by molar-refractivity contribution is 0.234. The molecule has 4 heteroatoms. The number of nitrogens with one attached hydrogen (secondary N) is 1.